The maximum absolute atomic E-state index is 12.8. The maximum Gasteiger partial charge on any atom is 0.241 e. The number of nitrogens with zero attached hydrogens (tertiary/aromatic N) is 1. The van der Waals surface area contributed by atoms with E-state index < -0.39 is 0 Å². The van der Waals surface area contributed by atoms with Crippen molar-refractivity contribution < 1.29 is 4.79 Å². The first-order valence-electron chi connectivity index (χ1n) is 8.16. The van der Waals surface area contributed by atoms with Gasteiger partial charge in [-0.15, -0.1) is 11.3 Å². The summed E-state index contributed by atoms with van der Waals surface area (Å²) in [5.41, 5.74) is 0. The average Bonchev–Trinajstić information content (AvgIpc) is 3.05. The average molecular weight is 308 g/mol. The summed E-state index contributed by atoms with van der Waals surface area (Å²) in [6.45, 7) is 8.82. The maximum atomic E-state index is 12.8. The summed E-state index contributed by atoms with van der Waals surface area (Å²) in [6, 6.07) is 4.48. The lowest BCUT2D eigenvalue weighted by Crippen LogP contribution is -2.38. The lowest BCUT2D eigenvalue weighted by atomic mass is 10.0. The Balaban J connectivity index is 2.14. The topological polar surface area (TPSA) is 32.3 Å². The summed E-state index contributed by atoms with van der Waals surface area (Å²) in [6.07, 6.45) is 4.27. The Hall–Kier alpha value is -0.870. The molecule has 4 heteroatoms. The van der Waals surface area contributed by atoms with Crippen molar-refractivity contribution in [3.63, 3.8) is 0 Å². The van der Waals surface area contributed by atoms with Crippen LogP contribution in [0.15, 0.2) is 17.5 Å². The molecule has 1 saturated heterocycles. The smallest absolute Gasteiger partial charge is 0.241 e. The third kappa shape index (κ3) is 3.86. The van der Waals surface area contributed by atoms with Crippen molar-refractivity contribution in [1.82, 2.24) is 10.2 Å². The van der Waals surface area contributed by atoms with Gasteiger partial charge < -0.3 is 4.90 Å². The highest BCUT2D eigenvalue weighted by molar-refractivity contribution is 7.10. The van der Waals surface area contributed by atoms with Gasteiger partial charge in [0, 0.05) is 10.9 Å². The van der Waals surface area contributed by atoms with Gasteiger partial charge in [-0.05, 0) is 43.6 Å². The normalized spacial score (nSPS) is 24.0. The molecule has 0 saturated carbocycles. The van der Waals surface area contributed by atoms with Crippen LogP contribution >= 0.6 is 11.3 Å². The summed E-state index contributed by atoms with van der Waals surface area (Å²) in [5, 5.41) is 5.64. The largest absolute Gasteiger partial charge is 0.318 e. The molecule has 3 atom stereocenters. The highest BCUT2D eigenvalue weighted by Crippen LogP contribution is 2.32. The van der Waals surface area contributed by atoms with Gasteiger partial charge in [0.25, 0.3) is 0 Å². The molecule has 1 N–H and O–H groups in total. The predicted octanol–water partition coefficient (Wildman–Crippen LogP) is 4.17. The summed E-state index contributed by atoms with van der Waals surface area (Å²) in [4.78, 5) is 16.1. The number of hydrogen-bond acceptors (Lipinski definition) is 3. The van der Waals surface area contributed by atoms with Crippen LogP contribution in [0.5, 0.6) is 0 Å². The van der Waals surface area contributed by atoms with Gasteiger partial charge in [0.15, 0.2) is 0 Å². The quantitative estimate of drug-likeness (QED) is 0.820. The lowest BCUT2D eigenvalue weighted by Gasteiger charge is -2.30. The van der Waals surface area contributed by atoms with Gasteiger partial charge in [-0.3, -0.25) is 10.1 Å². The molecule has 3 unspecified atom stereocenters. The molecule has 2 rings (SSSR count). The second kappa shape index (κ2) is 7.41. The Morgan fingerprint density at radius 1 is 1.33 bits per heavy atom. The van der Waals surface area contributed by atoms with Crippen LogP contribution < -0.4 is 5.32 Å². The molecule has 2 heterocycles. The van der Waals surface area contributed by atoms with Gasteiger partial charge in [0.1, 0.15) is 6.17 Å². The summed E-state index contributed by atoms with van der Waals surface area (Å²) < 4.78 is 0. The number of rotatable bonds is 7. The minimum Gasteiger partial charge on any atom is -0.318 e. The molecule has 1 aromatic rings. The Morgan fingerprint density at radius 3 is 2.67 bits per heavy atom. The molecule has 21 heavy (non-hydrogen) atoms. The molecule has 0 radical (unpaired) electrons. The van der Waals surface area contributed by atoms with E-state index in [4.69, 9.17) is 0 Å². The summed E-state index contributed by atoms with van der Waals surface area (Å²) in [7, 11) is 0. The molecule has 0 bridgehead atoms. The Kier molecular flexibility index (Phi) is 5.82. The van der Waals surface area contributed by atoms with Gasteiger partial charge >= 0.3 is 0 Å². The fraction of sp³-hybridized carbons (Fsp3) is 0.706. The van der Waals surface area contributed by atoms with Gasteiger partial charge in [-0.2, -0.15) is 0 Å². The van der Waals surface area contributed by atoms with Gasteiger partial charge in [-0.25, -0.2) is 0 Å². The molecule has 1 amide bonds. The second-order valence-corrected chi connectivity index (χ2v) is 7.47. The monoisotopic (exact) mass is 308 g/mol. The summed E-state index contributed by atoms with van der Waals surface area (Å²) >= 11 is 1.73. The number of amides is 1. The molecule has 1 aliphatic heterocycles. The zero-order valence-electron chi connectivity index (χ0n) is 13.6. The van der Waals surface area contributed by atoms with Gasteiger partial charge in [-0.1, -0.05) is 33.3 Å². The number of nitrogens with one attached hydrogen (secondary N) is 1. The molecule has 3 nitrogen and oxygen atoms in total. The van der Waals surface area contributed by atoms with E-state index in [-0.39, 0.29) is 18.1 Å². The van der Waals surface area contributed by atoms with Crippen LogP contribution in [0.1, 0.15) is 64.4 Å². The van der Waals surface area contributed by atoms with Crippen LogP contribution in [0.25, 0.3) is 0 Å². The van der Waals surface area contributed by atoms with E-state index in [1.54, 1.807) is 11.3 Å². The minimum absolute atomic E-state index is 0.0106. The van der Waals surface area contributed by atoms with Crippen molar-refractivity contribution in [2.75, 3.05) is 0 Å². The zero-order chi connectivity index (χ0) is 15.4. The highest BCUT2D eigenvalue weighted by Gasteiger charge is 2.41. The molecule has 0 aliphatic carbocycles. The third-order valence-corrected chi connectivity index (χ3v) is 5.14. The fourth-order valence-corrected chi connectivity index (χ4v) is 3.78. The Bertz CT molecular complexity index is 444. The van der Waals surface area contributed by atoms with Crippen LogP contribution in [-0.4, -0.2) is 22.9 Å². The van der Waals surface area contributed by atoms with E-state index in [0.717, 1.165) is 19.3 Å². The number of hydrogen-bond donors (Lipinski definition) is 1. The number of thiophene rings is 1. The minimum atomic E-state index is -0.0106. The summed E-state index contributed by atoms with van der Waals surface area (Å²) in [5.74, 6) is 0.969. The van der Waals surface area contributed by atoms with E-state index in [0.29, 0.717) is 12.0 Å². The van der Waals surface area contributed by atoms with E-state index in [9.17, 15) is 4.79 Å². The number of carbonyl (C=O) groups is 1. The molecule has 0 spiro atoms. The van der Waals surface area contributed by atoms with Crippen molar-refractivity contribution in [3.05, 3.63) is 22.4 Å². The van der Waals surface area contributed by atoms with E-state index in [1.165, 1.54) is 11.3 Å². The lowest BCUT2D eigenvalue weighted by molar-refractivity contribution is -0.132. The zero-order valence-corrected chi connectivity index (χ0v) is 14.5. The molecule has 118 valence electrons. The first-order valence-corrected chi connectivity index (χ1v) is 9.04. The van der Waals surface area contributed by atoms with Crippen LogP contribution in [0.3, 0.4) is 0 Å². The van der Waals surface area contributed by atoms with Crippen molar-refractivity contribution in [1.29, 1.82) is 0 Å². The van der Waals surface area contributed by atoms with Crippen LogP contribution in [0.4, 0.5) is 0 Å². The molecule has 1 aliphatic rings. The Labute approximate surface area is 132 Å². The van der Waals surface area contributed by atoms with Crippen LogP contribution in [-0.2, 0) is 4.79 Å². The molecule has 1 fully saturated rings. The first kappa shape index (κ1) is 16.5. The molecular weight excluding hydrogens is 280 g/mol. The van der Waals surface area contributed by atoms with Crippen LogP contribution in [0, 0.1) is 5.92 Å². The molecule has 0 aromatic carbocycles. The van der Waals surface area contributed by atoms with Gasteiger partial charge in [0.05, 0.1) is 6.04 Å². The number of carbonyl (C=O) groups excluding carboxylic acids is 1. The SMILES string of the molecule is CCCC1NC(c2cccs2)N(C(C)CCC(C)C)C1=O. The first-order chi connectivity index (χ1) is 10.0. The third-order valence-electron chi connectivity index (χ3n) is 4.22. The van der Waals surface area contributed by atoms with Crippen molar-refractivity contribution >= 4 is 17.2 Å². The van der Waals surface area contributed by atoms with E-state index >= 15 is 0 Å². The standard InChI is InChI=1S/C17H28N2OS/c1-5-7-14-17(20)19(13(4)10-9-12(2)3)16(18-14)15-8-6-11-21-15/h6,8,11-14,16,18H,5,7,9-10H2,1-4H3. The van der Waals surface area contributed by atoms with Crippen molar-refractivity contribution in [2.45, 2.75) is 71.6 Å². The fourth-order valence-electron chi connectivity index (χ4n) is 3.00. The Morgan fingerprint density at radius 2 is 2.10 bits per heavy atom. The molecule has 1 aromatic heterocycles. The predicted molar refractivity (Wildman–Crippen MR) is 89.3 cm³/mol. The molecular formula is C17H28N2OS. The van der Waals surface area contributed by atoms with Crippen molar-refractivity contribution in [3.8, 4) is 0 Å². The highest BCUT2D eigenvalue weighted by atomic mass is 32.1. The van der Waals surface area contributed by atoms with Gasteiger partial charge in [0.2, 0.25) is 5.91 Å². The van der Waals surface area contributed by atoms with E-state index in [1.807, 2.05) is 0 Å². The second-order valence-electron chi connectivity index (χ2n) is 6.49. The van der Waals surface area contributed by atoms with Crippen molar-refractivity contribution in [2.24, 2.45) is 5.92 Å². The van der Waals surface area contributed by atoms with Crippen LogP contribution in [0.2, 0.25) is 0 Å². The van der Waals surface area contributed by atoms with E-state index in [2.05, 4.69) is 55.4 Å².